The molecule has 0 unspecified atom stereocenters. The van der Waals surface area contributed by atoms with Gasteiger partial charge < -0.3 is 19.1 Å². The number of fused-ring (bicyclic) bond motifs is 8. The quantitative estimate of drug-likeness (QED) is 0.127. The maximum absolute atomic E-state index is 10.9. The second kappa shape index (κ2) is 17.5. The van der Waals surface area contributed by atoms with Gasteiger partial charge in [0.2, 0.25) is 0 Å². The molecule has 6 nitrogen and oxygen atoms in total. The smallest absolute Gasteiger partial charge is 0.292 e. The molecule has 8 aromatic carbocycles. The van der Waals surface area contributed by atoms with Gasteiger partial charge in [-0.15, -0.1) is 48.0 Å². The van der Waals surface area contributed by atoms with E-state index in [0.29, 0.717) is 0 Å². The number of rotatable bonds is 7. The first-order valence-corrected chi connectivity index (χ1v) is 24.9. The van der Waals surface area contributed by atoms with Gasteiger partial charge in [0.1, 0.15) is 5.58 Å². The van der Waals surface area contributed by atoms with Crippen molar-refractivity contribution in [2.45, 2.75) is 39.4 Å². The summed E-state index contributed by atoms with van der Waals surface area (Å²) in [5, 5.41) is 16.9. The maximum Gasteiger partial charge on any atom is 0.292 e. The Hall–Kier alpha value is -6.96. The molecule has 0 spiro atoms. The van der Waals surface area contributed by atoms with Gasteiger partial charge >= 0.3 is 0 Å². The Kier molecular flexibility index (Phi) is 11.3. The van der Waals surface area contributed by atoms with Gasteiger partial charge in [0.25, 0.3) is 5.97 Å². The summed E-state index contributed by atoms with van der Waals surface area (Å²) in [4.78, 5) is 20.8. The van der Waals surface area contributed by atoms with E-state index in [1.54, 1.807) is 12.1 Å². The summed E-state index contributed by atoms with van der Waals surface area (Å²) in [6.45, 7) is 10.5. The first kappa shape index (κ1) is 42.0. The van der Waals surface area contributed by atoms with E-state index in [2.05, 4.69) is 175 Å². The summed E-state index contributed by atoms with van der Waals surface area (Å²) in [6, 6.07) is 61.9. The van der Waals surface area contributed by atoms with Crippen molar-refractivity contribution in [3.8, 4) is 39.5 Å². The van der Waals surface area contributed by atoms with Crippen molar-refractivity contribution in [1.29, 1.82) is 0 Å². The first-order chi connectivity index (χ1) is 31.3. The molecule has 0 amide bonds. The number of hydrogen-bond donors (Lipinski definition) is 1. The van der Waals surface area contributed by atoms with Crippen molar-refractivity contribution < 1.29 is 35.8 Å². The predicted octanol–water partition coefficient (Wildman–Crippen LogP) is 14.3. The number of imidazole rings is 1. The average molecular weight is 1040 g/mol. The molecule has 11 rings (SSSR count). The van der Waals surface area contributed by atoms with Gasteiger partial charge in [-0.1, -0.05) is 171 Å². The third kappa shape index (κ3) is 7.99. The van der Waals surface area contributed by atoms with E-state index in [1.807, 2.05) is 32.2 Å². The van der Waals surface area contributed by atoms with Crippen molar-refractivity contribution in [2.75, 3.05) is 0 Å². The van der Waals surface area contributed by atoms with E-state index in [-0.39, 0.29) is 25.7 Å². The normalized spacial score (nSPS) is 12.0. The van der Waals surface area contributed by atoms with Crippen LogP contribution in [-0.4, -0.2) is 33.7 Å². The molecule has 0 saturated carbocycles. The van der Waals surface area contributed by atoms with Gasteiger partial charge in [0.15, 0.2) is 0 Å². The number of hydrogen-bond acceptors (Lipinski definition) is 4. The van der Waals surface area contributed by atoms with Crippen LogP contribution in [0.2, 0.25) is 19.6 Å². The third-order valence-electron chi connectivity index (χ3n) is 11.9. The van der Waals surface area contributed by atoms with Crippen LogP contribution in [0.5, 0.6) is 0 Å². The summed E-state index contributed by atoms with van der Waals surface area (Å²) in [6.07, 6.45) is 1.88. The van der Waals surface area contributed by atoms with Crippen LogP contribution < -0.4 is 5.19 Å². The van der Waals surface area contributed by atoms with E-state index >= 15 is 0 Å². The van der Waals surface area contributed by atoms with Crippen LogP contribution in [0.15, 0.2) is 174 Å². The molecule has 321 valence electrons. The largest absolute Gasteiger partial charge is 0.500 e. The number of pyridine rings is 1. The van der Waals surface area contributed by atoms with E-state index < -0.39 is 19.9 Å². The second-order valence-corrected chi connectivity index (χ2v) is 22.4. The Morgan fingerprint density at radius 3 is 2.14 bits per heavy atom. The Labute approximate surface area is 394 Å². The molecule has 0 atom stereocenters. The number of carboxylic acids is 1. The Morgan fingerprint density at radius 1 is 0.738 bits per heavy atom. The van der Waals surface area contributed by atoms with Gasteiger partial charge in [0, 0.05) is 55.1 Å². The van der Waals surface area contributed by atoms with Crippen molar-refractivity contribution in [3.05, 3.63) is 193 Å². The molecule has 0 bridgehead atoms. The van der Waals surface area contributed by atoms with Gasteiger partial charge in [-0.3, -0.25) is 9.78 Å². The minimum absolute atomic E-state index is 0. The number of carbonyl (C=O) groups is 1. The summed E-state index contributed by atoms with van der Waals surface area (Å²) in [5.41, 5.74) is 10.5. The number of nitrogens with zero attached hydrogens (tertiary/aromatic N) is 3. The van der Waals surface area contributed by atoms with Crippen LogP contribution in [-0.2, 0) is 20.1 Å². The minimum atomic E-state index is -1.61. The zero-order chi connectivity index (χ0) is 45.0. The van der Waals surface area contributed by atoms with Crippen molar-refractivity contribution >= 4 is 73.7 Å². The van der Waals surface area contributed by atoms with Crippen molar-refractivity contribution in [1.82, 2.24) is 14.5 Å². The fourth-order valence-electron chi connectivity index (χ4n) is 8.74. The molecular formula is C57H45IrN3O3Si-2. The number of aromatic nitrogens is 3. The molecule has 0 aliphatic carbocycles. The molecular weight excluding hydrogens is 995 g/mol. The summed E-state index contributed by atoms with van der Waals surface area (Å²) >= 11 is 0. The summed E-state index contributed by atoms with van der Waals surface area (Å²) < 4.78 is 17.5. The molecule has 11 aromatic rings. The van der Waals surface area contributed by atoms with E-state index in [4.69, 9.17) is 15.9 Å². The predicted molar refractivity (Wildman–Crippen MR) is 266 cm³/mol. The number of furan rings is 1. The van der Waals surface area contributed by atoms with Crippen LogP contribution in [0, 0.1) is 12.1 Å². The standard InChI is InChI=1S/C39H23N2O.C18H22NO2Si.Ir/c1-2-11-25(12-3-1)28-15-8-9-20-35(28)41-36-29-16-6-4-13-26(29)22-24-34(36)40-39(41)33-19-10-18-31-32-23-21-27-14-5-7-17-30(27)37(32)42-38(31)33;1-12(2)15-10-16(19-11-17(15)22(3,4)5)13-6-8-14(9-7-13)18(20)21;/h1-18,20-24H;6,8-12H,1-5H3,(H,20,21);/q2*-1;/i;12D;. The maximum atomic E-state index is 10.9. The number of aromatic carboxylic acids is 1. The Balaban J connectivity index is 0.000000195. The van der Waals surface area contributed by atoms with Gasteiger partial charge in [-0.2, -0.15) is 0 Å². The fraction of sp³-hybridized carbons (Fsp3) is 0.105. The second-order valence-electron chi connectivity index (χ2n) is 17.3. The van der Waals surface area contributed by atoms with Crippen LogP contribution in [0.4, 0.5) is 0 Å². The zero-order valence-corrected chi connectivity index (χ0v) is 40.0. The zero-order valence-electron chi connectivity index (χ0n) is 37.6. The van der Waals surface area contributed by atoms with Gasteiger partial charge in [-0.05, 0) is 50.8 Å². The van der Waals surface area contributed by atoms with Crippen LogP contribution in [0.25, 0.3) is 94.0 Å². The van der Waals surface area contributed by atoms with Gasteiger partial charge in [-0.25, -0.2) is 0 Å². The molecule has 65 heavy (non-hydrogen) atoms. The number of para-hydroxylation sites is 1. The molecule has 0 aliphatic heterocycles. The first-order valence-electron chi connectivity index (χ1n) is 21.9. The molecule has 0 fully saturated rings. The summed E-state index contributed by atoms with van der Waals surface area (Å²) in [5.74, 6) is -0.879. The topological polar surface area (TPSA) is 81.2 Å². The Morgan fingerprint density at radius 2 is 1.42 bits per heavy atom. The van der Waals surface area contributed by atoms with Crippen molar-refractivity contribution in [3.63, 3.8) is 0 Å². The molecule has 3 aromatic heterocycles. The van der Waals surface area contributed by atoms with E-state index in [1.165, 1.54) is 16.6 Å². The van der Waals surface area contributed by atoms with Crippen molar-refractivity contribution in [2.24, 2.45) is 0 Å². The SMILES string of the molecule is [2H]C(C)(C)c1cc(-c2[c-]cc(C(=O)O)cc2)ncc1[Si](C)(C)C.[Ir].[c-]1ccc2c(oc3c4ccccc4ccc23)c1-c1nc2ccc3ccccc3c2n1-c1ccccc1-c1ccccc1. The summed E-state index contributed by atoms with van der Waals surface area (Å²) in [7, 11) is -1.61. The van der Waals surface area contributed by atoms with E-state index in [9.17, 15) is 4.79 Å². The number of carboxylic acid groups (broad SMARTS) is 1. The average Bonchev–Trinajstić information content (AvgIpc) is 3.91. The molecule has 1 N–H and O–H groups in total. The Bertz CT molecular complexity index is 3610. The molecule has 3 heterocycles. The van der Waals surface area contributed by atoms with Crippen LogP contribution in [0.1, 0.15) is 37.0 Å². The molecule has 0 saturated heterocycles. The fourth-order valence-corrected chi connectivity index (χ4v) is 10.3. The third-order valence-corrected chi connectivity index (χ3v) is 13.9. The molecule has 1 radical (unpaired) electrons. The molecule has 8 heteroatoms. The monoisotopic (exact) mass is 1040 g/mol. The van der Waals surface area contributed by atoms with Crippen LogP contribution >= 0.6 is 0 Å². The van der Waals surface area contributed by atoms with Gasteiger partial charge in [0.05, 0.1) is 30.5 Å². The van der Waals surface area contributed by atoms with E-state index in [0.717, 1.165) is 94.2 Å². The number of benzene rings is 8. The minimum Gasteiger partial charge on any atom is -0.500 e. The van der Waals surface area contributed by atoms with Crippen LogP contribution in [0.3, 0.4) is 0 Å². The molecule has 0 aliphatic rings.